The van der Waals surface area contributed by atoms with Crippen molar-refractivity contribution in [2.45, 2.75) is 13.8 Å². The number of allylic oxidation sites excluding steroid dienone is 1. The van der Waals surface area contributed by atoms with Crippen molar-refractivity contribution in [3.05, 3.63) is 11.5 Å². The largest absolute Gasteiger partial charge is 0.481 e. The number of carbonyl (C=O) groups is 2. The molecule has 0 bridgehead atoms. The molecule has 88 valence electrons. The number of nitrogens with one attached hydrogen (secondary N) is 1. The van der Waals surface area contributed by atoms with Crippen molar-refractivity contribution < 1.29 is 19.8 Å². The minimum Gasteiger partial charge on any atom is -0.481 e. The molecule has 0 unspecified atom stereocenters. The van der Waals surface area contributed by atoms with E-state index in [1.165, 1.54) is 11.9 Å². The van der Waals surface area contributed by atoms with E-state index in [9.17, 15) is 0 Å². The van der Waals surface area contributed by atoms with E-state index in [1.807, 2.05) is 11.5 Å². The van der Waals surface area contributed by atoms with E-state index in [1.54, 1.807) is 6.21 Å². The van der Waals surface area contributed by atoms with Crippen LogP contribution < -0.4 is 4.83 Å². The summed E-state index contributed by atoms with van der Waals surface area (Å²) in [6.07, 6.45) is 3.58. The molecule has 0 aliphatic carbocycles. The number of carboxylic acid groups (broad SMARTS) is 2. The summed E-state index contributed by atoms with van der Waals surface area (Å²) in [5.41, 5.74) is 0. The molecule has 1 heterocycles. The van der Waals surface area contributed by atoms with Gasteiger partial charge in [-0.1, -0.05) is 0 Å². The Hall–Kier alpha value is -1.15. The molecular formula is C7H14N2O4S2. The van der Waals surface area contributed by atoms with Crippen molar-refractivity contribution in [1.82, 2.24) is 4.83 Å². The van der Waals surface area contributed by atoms with Crippen LogP contribution in [0.3, 0.4) is 0 Å². The molecule has 0 aromatic carbocycles. The summed E-state index contributed by atoms with van der Waals surface area (Å²) < 4.78 is 0. The van der Waals surface area contributed by atoms with E-state index in [0.29, 0.717) is 0 Å². The first-order valence-electron chi connectivity index (χ1n) is 3.44. The van der Waals surface area contributed by atoms with Gasteiger partial charge in [0.1, 0.15) is 0 Å². The second-order valence-corrected chi connectivity index (χ2v) is 2.54. The number of rotatable bonds is 0. The summed E-state index contributed by atoms with van der Waals surface area (Å²) in [4.78, 5) is 20.7. The van der Waals surface area contributed by atoms with Crippen molar-refractivity contribution in [2.24, 2.45) is 5.10 Å². The lowest BCUT2D eigenvalue weighted by Crippen LogP contribution is -1.91. The van der Waals surface area contributed by atoms with Crippen LogP contribution in [0.15, 0.2) is 16.6 Å². The van der Waals surface area contributed by atoms with Gasteiger partial charge < -0.3 is 10.2 Å². The van der Waals surface area contributed by atoms with Crippen LogP contribution >= 0.6 is 25.4 Å². The molecule has 15 heavy (non-hydrogen) atoms. The molecule has 8 heteroatoms. The quantitative estimate of drug-likeness (QED) is 0.558. The third-order valence-corrected chi connectivity index (χ3v) is 0.917. The van der Waals surface area contributed by atoms with E-state index in [4.69, 9.17) is 19.8 Å². The molecule has 1 aliphatic rings. The first-order valence-corrected chi connectivity index (χ1v) is 4.32. The predicted octanol–water partition coefficient (Wildman–Crippen LogP) is 1.03. The van der Waals surface area contributed by atoms with E-state index in [-0.39, 0.29) is 13.5 Å². The normalized spacial score (nSPS) is 10.3. The third kappa shape index (κ3) is 64.3. The first-order chi connectivity index (χ1) is 6.46. The number of nitrogens with zero attached hydrogens (tertiary/aromatic N) is 1. The fraction of sp³-hybridized carbons (Fsp3) is 0.286. The topological polar surface area (TPSA) is 99.0 Å². The number of hydrazone groups is 1. The Morgan fingerprint density at radius 2 is 1.67 bits per heavy atom. The van der Waals surface area contributed by atoms with Gasteiger partial charge in [0.15, 0.2) is 0 Å². The lowest BCUT2D eigenvalue weighted by molar-refractivity contribution is -0.135. The zero-order valence-electron chi connectivity index (χ0n) is 8.30. The summed E-state index contributed by atoms with van der Waals surface area (Å²) in [5.74, 6) is -1.67. The van der Waals surface area contributed by atoms with Crippen LogP contribution in [0.25, 0.3) is 0 Å². The molecule has 0 aromatic heterocycles. The highest BCUT2D eigenvalue weighted by molar-refractivity contribution is 8.00. The predicted molar refractivity (Wildman–Crippen MR) is 65.4 cm³/mol. The fourth-order valence-electron chi connectivity index (χ4n) is 0.209. The van der Waals surface area contributed by atoms with Crippen molar-refractivity contribution in [1.29, 1.82) is 0 Å². The zero-order chi connectivity index (χ0) is 11.4. The van der Waals surface area contributed by atoms with Crippen LogP contribution in [0.4, 0.5) is 0 Å². The third-order valence-electron chi connectivity index (χ3n) is 0.413. The maximum absolute atomic E-state index is 9.00. The van der Waals surface area contributed by atoms with Gasteiger partial charge in [0, 0.05) is 20.1 Å². The average Bonchev–Trinajstić information content (AvgIpc) is 2.05. The monoisotopic (exact) mass is 254 g/mol. The molecule has 0 radical (unpaired) electrons. The number of hydrogen-bond acceptors (Lipinski definition) is 5. The zero-order valence-corrected chi connectivity index (χ0v) is 10.1. The van der Waals surface area contributed by atoms with Gasteiger partial charge in [-0.25, -0.2) is 4.83 Å². The average molecular weight is 254 g/mol. The maximum Gasteiger partial charge on any atom is 0.300 e. The Bertz CT molecular complexity index is 199. The van der Waals surface area contributed by atoms with E-state index >= 15 is 0 Å². The standard InChI is InChI=1S/C3H4N2S.2C2H4O2.H2S/c1-2-4-5-6-3-1;2*1-2(3)4;/h1-3,5H;2*1H3,(H,3,4);1H2. The van der Waals surface area contributed by atoms with E-state index in [2.05, 4.69) is 9.93 Å². The van der Waals surface area contributed by atoms with Crippen LogP contribution in [-0.4, -0.2) is 28.4 Å². The van der Waals surface area contributed by atoms with Gasteiger partial charge in [-0.05, 0) is 23.4 Å². The molecule has 0 aromatic rings. The fourth-order valence-corrected chi connectivity index (χ4v) is 0.540. The number of aliphatic carboxylic acids is 2. The first kappa shape index (κ1) is 19.4. The summed E-state index contributed by atoms with van der Waals surface area (Å²) in [6, 6.07) is 0. The van der Waals surface area contributed by atoms with Gasteiger partial charge in [-0.2, -0.15) is 18.6 Å². The SMILES string of the molecule is C1=CSNN=C1.CC(=O)O.CC(=O)O.S. The minimum absolute atomic E-state index is 0. The highest BCUT2D eigenvalue weighted by atomic mass is 32.2. The molecule has 0 saturated carbocycles. The van der Waals surface area contributed by atoms with Gasteiger partial charge in [0.2, 0.25) is 0 Å². The van der Waals surface area contributed by atoms with Gasteiger partial charge in [-0.3, -0.25) is 9.59 Å². The summed E-state index contributed by atoms with van der Waals surface area (Å²) in [6.45, 7) is 2.17. The second-order valence-electron chi connectivity index (χ2n) is 1.85. The van der Waals surface area contributed by atoms with Crippen LogP contribution in [-0.2, 0) is 9.59 Å². The summed E-state index contributed by atoms with van der Waals surface area (Å²) >= 11 is 1.47. The van der Waals surface area contributed by atoms with Crippen molar-refractivity contribution in [2.75, 3.05) is 0 Å². The molecule has 6 nitrogen and oxygen atoms in total. The molecule has 0 saturated heterocycles. The van der Waals surface area contributed by atoms with Crippen molar-refractivity contribution in [3.63, 3.8) is 0 Å². The smallest absolute Gasteiger partial charge is 0.300 e. The number of carboxylic acids is 2. The lowest BCUT2D eigenvalue weighted by Gasteiger charge is -1.92. The number of hydrogen-bond donors (Lipinski definition) is 3. The minimum atomic E-state index is -0.833. The molecule has 0 spiro atoms. The molecule has 0 fully saturated rings. The summed E-state index contributed by atoms with van der Waals surface area (Å²) in [7, 11) is 0. The Balaban J connectivity index is -0.000000145. The van der Waals surface area contributed by atoms with Crippen molar-refractivity contribution >= 4 is 43.6 Å². The molecule has 0 atom stereocenters. The van der Waals surface area contributed by atoms with Crippen LogP contribution in [0.2, 0.25) is 0 Å². The molecule has 1 aliphatic heterocycles. The molecule has 3 N–H and O–H groups in total. The Kier molecular flexibility index (Phi) is 19.9. The Labute approximate surface area is 99.0 Å². The van der Waals surface area contributed by atoms with Crippen molar-refractivity contribution in [3.8, 4) is 0 Å². The van der Waals surface area contributed by atoms with E-state index < -0.39 is 11.9 Å². The lowest BCUT2D eigenvalue weighted by atomic mass is 10.7. The summed E-state index contributed by atoms with van der Waals surface area (Å²) in [5, 5.41) is 20.4. The molecular weight excluding hydrogens is 240 g/mol. The van der Waals surface area contributed by atoms with Gasteiger partial charge in [0.05, 0.1) is 0 Å². The molecule has 1 rings (SSSR count). The van der Waals surface area contributed by atoms with Crippen LogP contribution in [0, 0.1) is 0 Å². The molecule has 0 amide bonds. The van der Waals surface area contributed by atoms with E-state index in [0.717, 1.165) is 13.8 Å². The Morgan fingerprint density at radius 3 is 1.73 bits per heavy atom. The highest BCUT2D eigenvalue weighted by Gasteiger charge is 1.75. The maximum atomic E-state index is 9.00. The Morgan fingerprint density at radius 1 is 1.27 bits per heavy atom. The van der Waals surface area contributed by atoms with Crippen LogP contribution in [0.1, 0.15) is 13.8 Å². The van der Waals surface area contributed by atoms with Gasteiger partial charge >= 0.3 is 0 Å². The van der Waals surface area contributed by atoms with Crippen LogP contribution in [0.5, 0.6) is 0 Å². The second kappa shape index (κ2) is 15.3. The van der Waals surface area contributed by atoms with Gasteiger partial charge in [0.25, 0.3) is 11.9 Å². The van der Waals surface area contributed by atoms with Gasteiger partial charge in [-0.15, -0.1) is 0 Å². The highest BCUT2D eigenvalue weighted by Crippen LogP contribution is 1.95.